The van der Waals surface area contributed by atoms with Gasteiger partial charge in [-0.25, -0.2) is 0 Å². The van der Waals surface area contributed by atoms with Gasteiger partial charge in [0, 0.05) is 16.6 Å². The van der Waals surface area contributed by atoms with E-state index in [4.69, 9.17) is 5.73 Å². The van der Waals surface area contributed by atoms with Gasteiger partial charge >= 0.3 is 0 Å². The van der Waals surface area contributed by atoms with Crippen LogP contribution in [-0.2, 0) is 13.0 Å². The molecule has 2 heterocycles. The van der Waals surface area contributed by atoms with Gasteiger partial charge in [0.25, 0.3) is 0 Å². The molecule has 2 N–H and O–H groups in total. The molecule has 2 rings (SSSR count). The van der Waals surface area contributed by atoms with E-state index in [1.54, 1.807) is 11.3 Å². The van der Waals surface area contributed by atoms with Crippen LogP contribution in [0.2, 0.25) is 0 Å². The Morgan fingerprint density at radius 2 is 2.24 bits per heavy atom. The molecule has 0 aliphatic heterocycles. The second-order valence-corrected chi connectivity index (χ2v) is 5.60. The first-order valence-electron chi connectivity index (χ1n) is 5.88. The maximum Gasteiger partial charge on any atom is 0.0755 e. The van der Waals surface area contributed by atoms with Gasteiger partial charge in [0.1, 0.15) is 0 Å². The van der Waals surface area contributed by atoms with Crippen molar-refractivity contribution < 1.29 is 0 Å². The Morgan fingerprint density at radius 3 is 2.82 bits per heavy atom. The molecular formula is C13H19N3S. The number of hydrogen-bond acceptors (Lipinski definition) is 3. The fraction of sp³-hybridized carbons (Fsp3) is 0.462. The van der Waals surface area contributed by atoms with Crippen molar-refractivity contribution in [3.8, 4) is 0 Å². The molecular weight excluding hydrogens is 230 g/mol. The summed E-state index contributed by atoms with van der Waals surface area (Å²) < 4.78 is 2.08. The molecule has 2 aromatic rings. The third kappa shape index (κ3) is 2.76. The van der Waals surface area contributed by atoms with Crippen LogP contribution in [0.25, 0.3) is 0 Å². The first-order valence-corrected chi connectivity index (χ1v) is 6.76. The molecule has 0 fully saturated rings. The van der Waals surface area contributed by atoms with Crippen LogP contribution in [0.15, 0.2) is 17.5 Å². The van der Waals surface area contributed by atoms with Gasteiger partial charge in [-0.1, -0.05) is 6.07 Å². The smallest absolute Gasteiger partial charge is 0.0755 e. The van der Waals surface area contributed by atoms with Crippen LogP contribution in [0.4, 0.5) is 0 Å². The van der Waals surface area contributed by atoms with Crippen molar-refractivity contribution in [2.45, 2.75) is 39.8 Å². The number of thiophene rings is 1. The summed E-state index contributed by atoms with van der Waals surface area (Å²) in [4.78, 5) is 1.34. The van der Waals surface area contributed by atoms with Crippen molar-refractivity contribution in [2.24, 2.45) is 5.73 Å². The van der Waals surface area contributed by atoms with Gasteiger partial charge < -0.3 is 5.73 Å². The molecule has 0 spiro atoms. The highest BCUT2D eigenvalue weighted by Crippen LogP contribution is 2.17. The summed E-state index contributed by atoms with van der Waals surface area (Å²) in [6.07, 6.45) is 0.905. The highest BCUT2D eigenvalue weighted by Gasteiger charge is 2.13. The number of aryl methyl sites for hydroxylation is 1. The van der Waals surface area contributed by atoms with Gasteiger partial charge in [-0.3, -0.25) is 4.68 Å². The molecule has 0 amide bonds. The van der Waals surface area contributed by atoms with Crippen LogP contribution in [0, 0.1) is 13.8 Å². The highest BCUT2D eigenvalue weighted by molar-refractivity contribution is 7.09. The van der Waals surface area contributed by atoms with E-state index in [2.05, 4.69) is 41.1 Å². The van der Waals surface area contributed by atoms with Crippen LogP contribution < -0.4 is 5.73 Å². The molecule has 2 aromatic heterocycles. The van der Waals surface area contributed by atoms with E-state index in [1.165, 1.54) is 16.1 Å². The van der Waals surface area contributed by atoms with Crippen molar-refractivity contribution in [3.05, 3.63) is 39.3 Å². The van der Waals surface area contributed by atoms with Crippen molar-refractivity contribution in [2.75, 3.05) is 0 Å². The fourth-order valence-electron chi connectivity index (χ4n) is 2.06. The lowest BCUT2D eigenvalue weighted by Crippen LogP contribution is -2.18. The lowest BCUT2D eigenvalue weighted by Gasteiger charge is -2.06. The normalized spacial score (nSPS) is 12.9. The van der Waals surface area contributed by atoms with Crippen LogP contribution in [0.3, 0.4) is 0 Å². The molecule has 3 nitrogen and oxygen atoms in total. The van der Waals surface area contributed by atoms with Crippen LogP contribution >= 0.6 is 11.3 Å². The Morgan fingerprint density at radius 1 is 1.47 bits per heavy atom. The molecule has 4 heteroatoms. The second kappa shape index (κ2) is 5.02. The zero-order valence-electron chi connectivity index (χ0n) is 10.6. The van der Waals surface area contributed by atoms with Crippen molar-refractivity contribution in [3.63, 3.8) is 0 Å². The minimum absolute atomic E-state index is 0.187. The van der Waals surface area contributed by atoms with Gasteiger partial charge in [0.15, 0.2) is 0 Å². The molecule has 0 saturated carbocycles. The maximum atomic E-state index is 5.87. The predicted molar refractivity (Wildman–Crippen MR) is 72.5 cm³/mol. The predicted octanol–water partition coefficient (Wildman–Crippen LogP) is 2.50. The minimum atomic E-state index is 0.187. The average molecular weight is 249 g/mol. The molecule has 1 unspecified atom stereocenters. The van der Waals surface area contributed by atoms with E-state index < -0.39 is 0 Å². The molecule has 92 valence electrons. The first kappa shape index (κ1) is 12.3. The van der Waals surface area contributed by atoms with E-state index in [0.29, 0.717) is 0 Å². The number of aromatic nitrogens is 2. The summed E-state index contributed by atoms with van der Waals surface area (Å²) in [6.45, 7) is 7.10. The molecule has 0 aliphatic rings. The lowest BCUT2D eigenvalue weighted by atomic mass is 10.1. The van der Waals surface area contributed by atoms with Gasteiger partial charge in [-0.15, -0.1) is 11.3 Å². The van der Waals surface area contributed by atoms with E-state index in [9.17, 15) is 0 Å². The zero-order valence-corrected chi connectivity index (χ0v) is 11.4. The largest absolute Gasteiger partial charge is 0.328 e. The Balaban J connectivity index is 2.24. The third-order valence-corrected chi connectivity index (χ3v) is 3.80. The third-order valence-electron chi connectivity index (χ3n) is 2.94. The summed E-state index contributed by atoms with van der Waals surface area (Å²) in [5.41, 5.74) is 9.53. The molecule has 0 aliphatic carbocycles. The molecule has 0 bridgehead atoms. The van der Waals surface area contributed by atoms with Crippen LogP contribution in [0.5, 0.6) is 0 Å². The molecule has 0 saturated heterocycles. The lowest BCUT2D eigenvalue weighted by molar-refractivity contribution is 0.662. The van der Waals surface area contributed by atoms with Crippen molar-refractivity contribution in [1.82, 2.24) is 9.78 Å². The number of nitrogens with two attached hydrogens (primary N) is 1. The molecule has 17 heavy (non-hydrogen) atoms. The van der Waals surface area contributed by atoms with Crippen molar-refractivity contribution >= 4 is 11.3 Å². The maximum absolute atomic E-state index is 5.87. The number of nitrogens with zero attached hydrogens (tertiary/aromatic N) is 2. The Kier molecular flexibility index (Phi) is 3.64. The van der Waals surface area contributed by atoms with Crippen LogP contribution in [-0.4, -0.2) is 15.8 Å². The van der Waals surface area contributed by atoms with Crippen molar-refractivity contribution in [1.29, 1.82) is 0 Å². The van der Waals surface area contributed by atoms with E-state index in [-0.39, 0.29) is 6.04 Å². The van der Waals surface area contributed by atoms with Gasteiger partial charge in [0.2, 0.25) is 0 Å². The quantitative estimate of drug-likeness (QED) is 0.904. The van der Waals surface area contributed by atoms with E-state index >= 15 is 0 Å². The molecule has 0 radical (unpaired) electrons. The topological polar surface area (TPSA) is 43.8 Å². The van der Waals surface area contributed by atoms with Gasteiger partial charge in [-0.05, 0) is 44.2 Å². The summed E-state index contributed by atoms with van der Waals surface area (Å²) in [5, 5.41) is 6.71. The standard InChI is InChI=1S/C13H19N3S/c1-9(14)7-13-10(2)15-16(11(13)3)8-12-5-4-6-17-12/h4-6,9H,7-8,14H2,1-3H3. The highest BCUT2D eigenvalue weighted by atomic mass is 32.1. The van der Waals surface area contributed by atoms with Gasteiger partial charge in [0.05, 0.1) is 12.2 Å². The summed E-state index contributed by atoms with van der Waals surface area (Å²) in [5.74, 6) is 0. The average Bonchev–Trinajstić information content (AvgIpc) is 2.83. The Bertz CT molecular complexity index is 483. The van der Waals surface area contributed by atoms with Gasteiger partial charge in [-0.2, -0.15) is 5.10 Å². The number of hydrogen-bond donors (Lipinski definition) is 1. The monoisotopic (exact) mass is 249 g/mol. The summed E-state index contributed by atoms with van der Waals surface area (Å²) in [6, 6.07) is 4.41. The SMILES string of the molecule is Cc1nn(Cc2cccs2)c(C)c1CC(C)N. The fourth-order valence-corrected chi connectivity index (χ4v) is 2.74. The summed E-state index contributed by atoms with van der Waals surface area (Å²) in [7, 11) is 0. The zero-order chi connectivity index (χ0) is 12.4. The minimum Gasteiger partial charge on any atom is -0.328 e. The first-order chi connectivity index (χ1) is 8.08. The Labute approximate surface area is 106 Å². The van der Waals surface area contributed by atoms with E-state index in [0.717, 1.165) is 18.7 Å². The second-order valence-electron chi connectivity index (χ2n) is 4.57. The van der Waals surface area contributed by atoms with E-state index in [1.807, 2.05) is 6.92 Å². The number of rotatable bonds is 4. The molecule has 1 atom stereocenters. The van der Waals surface area contributed by atoms with Crippen LogP contribution in [0.1, 0.15) is 28.8 Å². The molecule has 0 aromatic carbocycles. The summed E-state index contributed by atoms with van der Waals surface area (Å²) >= 11 is 1.77. The Hall–Kier alpha value is -1.13.